The van der Waals surface area contributed by atoms with Gasteiger partial charge in [-0.25, -0.2) is 8.42 Å². The molecule has 10 heteroatoms. The number of benzene rings is 3. The summed E-state index contributed by atoms with van der Waals surface area (Å²) in [7, 11) is 0.405. The SMILES string of the molecule is COc1ccc(S(=O)(=O)Nc2cc3c(cc2Oc2ccccc2)n(C)c(=O)c(=O)n3C)cc1. The largest absolute Gasteiger partial charge is 0.497 e. The van der Waals surface area contributed by atoms with Gasteiger partial charge in [-0.3, -0.25) is 14.3 Å². The summed E-state index contributed by atoms with van der Waals surface area (Å²) in [5.74, 6) is 1.15. The fourth-order valence-corrected chi connectivity index (χ4v) is 4.40. The Bertz CT molecular complexity index is 1560. The summed E-state index contributed by atoms with van der Waals surface area (Å²) in [5, 5.41) is 0. The number of ether oxygens (including phenoxy) is 2. The molecule has 0 aliphatic carbocycles. The molecule has 0 aliphatic heterocycles. The van der Waals surface area contributed by atoms with Crippen LogP contribution >= 0.6 is 0 Å². The predicted molar refractivity (Wildman–Crippen MR) is 125 cm³/mol. The summed E-state index contributed by atoms with van der Waals surface area (Å²) in [4.78, 5) is 24.6. The maximum Gasteiger partial charge on any atom is 0.316 e. The van der Waals surface area contributed by atoms with E-state index in [-0.39, 0.29) is 16.3 Å². The standard InChI is InChI=1S/C23H21N3O6S/c1-25-19-13-18(24-33(29,30)17-11-9-15(31-3)10-12-17)21(32-16-7-5-4-6-8-16)14-20(19)26(2)23(28)22(25)27/h4-14,24H,1-3H3. The number of para-hydroxylation sites is 1. The van der Waals surface area contributed by atoms with Crippen LogP contribution in [-0.4, -0.2) is 24.7 Å². The molecule has 1 heterocycles. The average Bonchev–Trinajstić information content (AvgIpc) is 2.82. The summed E-state index contributed by atoms with van der Waals surface area (Å²) in [6.45, 7) is 0. The molecule has 9 nitrogen and oxygen atoms in total. The first-order valence-electron chi connectivity index (χ1n) is 9.85. The zero-order chi connectivity index (χ0) is 23.8. The Morgan fingerprint density at radius 2 is 1.36 bits per heavy atom. The predicted octanol–water partition coefficient (Wildman–Crippen LogP) is 2.84. The van der Waals surface area contributed by atoms with Crippen LogP contribution in [0.25, 0.3) is 11.0 Å². The molecule has 0 atom stereocenters. The molecule has 0 fully saturated rings. The van der Waals surface area contributed by atoms with Gasteiger partial charge in [-0.2, -0.15) is 0 Å². The Labute approximate surface area is 189 Å². The number of nitrogens with zero attached hydrogens (tertiary/aromatic N) is 2. The normalized spacial score (nSPS) is 11.4. The van der Waals surface area contributed by atoms with Crippen LogP contribution in [0.4, 0.5) is 5.69 Å². The van der Waals surface area contributed by atoms with Crippen LogP contribution in [0, 0.1) is 0 Å². The highest BCUT2D eigenvalue weighted by Crippen LogP contribution is 2.34. The van der Waals surface area contributed by atoms with E-state index in [4.69, 9.17) is 9.47 Å². The molecular weight excluding hydrogens is 446 g/mol. The van der Waals surface area contributed by atoms with Gasteiger partial charge in [-0.05, 0) is 42.5 Å². The second-order valence-corrected chi connectivity index (χ2v) is 8.94. The quantitative estimate of drug-likeness (QED) is 0.437. The van der Waals surface area contributed by atoms with E-state index in [2.05, 4.69) is 4.72 Å². The lowest BCUT2D eigenvalue weighted by Crippen LogP contribution is -2.39. The lowest BCUT2D eigenvalue weighted by atomic mass is 10.2. The maximum absolute atomic E-state index is 13.1. The molecule has 4 aromatic rings. The van der Waals surface area contributed by atoms with Gasteiger partial charge in [0.25, 0.3) is 10.0 Å². The van der Waals surface area contributed by atoms with Crippen molar-refractivity contribution in [1.29, 1.82) is 0 Å². The zero-order valence-corrected chi connectivity index (χ0v) is 18.9. The molecule has 0 spiro atoms. The Kier molecular flexibility index (Phi) is 5.69. The first-order valence-corrected chi connectivity index (χ1v) is 11.3. The van der Waals surface area contributed by atoms with E-state index >= 15 is 0 Å². The highest BCUT2D eigenvalue weighted by atomic mass is 32.2. The van der Waals surface area contributed by atoms with Crippen molar-refractivity contribution in [3.05, 3.63) is 87.4 Å². The number of nitrogens with one attached hydrogen (secondary N) is 1. The van der Waals surface area contributed by atoms with Crippen molar-refractivity contribution in [2.75, 3.05) is 11.8 Å². The van der Waals surface area contributed by atoms with Crippen molar-refractivity contribution in [2.45, 2.75) is 4.90 Å². The Morgan fingerprint density at radius 1 is 0.788 bits per heavy atom. The molecule has 0 bridgehead atoms. The van der Waals surface area contributed by atoms with E-state index in [1.807, 2.05) is 6.07 Å². The number of anilines is 1. The number of aromatic nitrogens is 2. The summed E-state index contributed by atoms with van der Waals surface area (Å²) in [5.41, 5.74) is -0.570. The number of aryl methyl sites for hydroxylation is 2. The third-order valence-electron chi connectivity index (χ3n) is 5.18. The molecule has 1 N–H and O–H groups in total. The van der Waals surface area contributed by atoms with Crippen LogP contribution in [0.15, 0.2) is 81.2 Å². The van der Waals surface area contributed by atoms with Gasteiger partial charge < -0.3 is 18.6 Å². The molecule has 33 heavy (non-hydrogen) atoms. The van der Waals surface area contributed by atoms with Gasteiger partial charge in [0.05, 0.1) is 28.7 Å². The van der Waals surface area contributed by atoms with Crippen molar-refractivity contribution >= 4 is 26.7 Å². The van der Waals surface area contributed by atoms with Crippen molar-refractivity contribution in [2.24, 2.45) is 14.1 Å². The van der Waals surface area contributed by atoms with Gasteiger partial charge in [0.2, 0.25) is 0 Å². The van der Waals surface area contributed by atoms with Crippen LogP contribution in [0.1, 0.15) is 0 Å². The smallest absolute Gasteiger partial charge is 0.316 e. The number of methoxy groups -OCH3 is 1. The maximum atomic E-state index is 13.1. The highest BCUT2D eigenvalue weighted by Gasteiger charge is 2.20. The van der Waals surface area contributed by atoms with E-state index < -0.39 is 21.1 Å². The number of hydrogen-bond donors (Lipinski definition) is 1. The molecule has 3 aromatic carbocycles. The minimum Gasteiger partial charge on any atom is -0.497 e. The minimum absolute atomic E-state index is 0.0170. The van der Waals surface area contributed by atoms with E-state index in [1.54, 1.807) is 24.3 Å². The van der Waals surface area contributed by atoms with E-state index in [0.717, 1.165) is 0 Å². The van der Waals surface area contributed by atoms with Gasteiger partial charge >= 0.3 is 11.1 Å². The van der Waals surface area contributed by atoms with Gasteiger partial charge in [0.1, 0.15) is 11.5 Å². The lowest BCUT2D eigenvalue weighted by Gasteiger charge is -2.17. The topological polar surface area (TPSA) is 109 Å². The molecular formula is C23H21N3O6S. The first kappa shape index (κ1) is 22.2. The van der Waals surface area contributed by atoms with E-state index in [9.17, 15) is 18.0 Å². The van der Waals surface area contributed by atoms with Crippen molar-refractivity contribution < 1.29 is 17.9 Å². The molecule has 0 radical (unpaired) electrons. The molecule has 0 saturated carbocycles. The second kappa shape index (κ2) is 8.47. The summed E-state index contributed by atoms with van der Waals surface area (Å²) < 4.78 is 42.1. The first-order chi connectivity index (χ1) is 15.7. The molecule has 1 aromatic heterocycles. The molecule has 0 aliphatic rings. The van der Waals surface area contributed by atoms with Crippen molar-refractivity contribution in [1.82, 2.24) is 9.13 Å². The Hall–Kier alpha value is -4.05. The van der Waals surface area contributed by atoms with E-state index in [1.165, 1.54) is 66.7 Å². The van der Waals surface area contributed by atoms with Crippen LogP contribution in [0.3, 0.4) is 0 Å². The van der Waals surface area contributed by atoms with E-state index in [0.29, 0.717) is 22.5 Å². The Balaban J connectivity index is 1.89. The molecule has 170 valence electrons. The number of hydrogen-bond acceptors (Lipinski definition) is 6. The van der Waals surface area contributed by atoms with Crippen LogP contribution in [0.5, 0.6) is 17.2 Å². The number of rotatable bonds is 6. The molecule has 0 amide bonds. The minimum atomic E-state index is -4.00. The molecule has 4 rings (SSSR count). The van der Waals surface area contributed by atoms with Gasteiger partial charge in [-0.1, -0.05) is 18.2 Å². The Morgan fingerprint density at radius 3 is 1.94 bits per heavy atom. The average molecular weight is 468 g/mol. The molecule has 0 unspecified atom stereocenters. The van der Waals surface area contributed by atoms with Crippen LogP contribution in [-0.2, 0) is 24.1 Å². The van der Waals surface area contributed by atoms with Gasteiger partial charge in [-0.15, -0.1) is 0 Å². The third-order valence-corrected chi connectivity index (χ3v) is 6.56. The lowest BCUT2D eigenvalue weighted by molar-refractivity contribution is 0.414. The van der Waals surface area contributed by atoms with Gasteiger partial charge in [0.15, 0.2) is 5.75 Å². The zero-order valence-electron chi connectivity index (χ0n) is 18.1. The van der Waals surface area contributed by atoms with Crippen LogP contribution < -0.4 is 25.3 Å². The summed E-state index contributed by atoms with van der Waals surface area (Å²) in [6, 6.07) is 17.7. The fourth-order valence-electron chi connectivity index (χ4n) is 3.34. The fraction of sp³-hybridized carbons (Fsp3) is 0.130. The monoisotopic (exact) mass is 467 g/mol. The third kappa shape index (κ3) is 4.20. The van der Waals surface area contributed by atoms with Crippen molar-refractivity contribution in [3.8, 4) is 17.2 Å². The summed E-state index contributed by atoms with van der Waals surface area (Å²) in [6.07, 6.45) is 0. The van der Waals surface area contributed by atoms with Gasteiger partial charge in [0, 0.05) is 20.2 Å². The summed E-state index contributed by atoms with van der Waals surface area (Å²) >= 11 is 0. The van der Waals surface area contributed by atoms with Crippen molar-refractivity contribution in [3.63, 3.8) is 0 Å². The number of sulfonamides is 1. The van der Waals surface area contributed by atoms with Crippen LogP contribution in [0.2, 0.25) is 0 Å². The number of fused-ring (bicyclic) bond motifs is 1. The second-order valence-electron chi connectivity index (χ2n) is 7.26. The highest BCUT2D eigenvalue weighted by molar-refractivity contribution is 7.92. The molecule has 0 saturated heterocycles.